The van der Waals surface area contributed by atoms with Crippen molar-refractivity contribution in [3.05, 3.63) is 46.9 Å². The highest BCUT2D eigenvalue weighted by Crippen LogP contribution is 2.22. The fourth-order valence-corrected chi connectivity index (χ4v) is 4.55. The number of methoxy groups -OCH3 is 3. The topological polar surface area (TPSA) is 106 Å². The van der Waals surface area contributed by atoms with Gasteiger partial charge in [0, 0.05) is 51.2 Å². The van der Waals surface area contributed by atoms with Crippen LogP contribution in [0.5, 0.6) is 0 Å². The molecule has 10 heteroatoms. The van der Waals surface area contributed by atoms with E-state index in [1.807, 2.05) is 6.08 Å². The van der Waals surface area contributed by atoms with Gasteiger partial charge in [-0.15, -0.1) is 0 Å². The number of halogens is 1. The number of aliphatic hydroxyl groups excluding tert-OH is 1. The SMILES string of the molecule is CCCCCCCC(CC=CCCC(=O)N(C)CC(=CCl)CC(=CC(=O)N1C(=O)C=C(OC)C1CO)OC)OC. The Morgan fingerprint density at radius 1 is 1.18 bits per heavy atom. The molecule has 0 spiro atoms. The number of aliphatic hydroxyl groups is 1. The molecule has 0 saturated carbocycles. The van der Waals surface area contributed by atoms with E-state index in [4.69, 9.17) is 25.8 Å². The maximum absolute atomic E-state index is 12.8. The number of carbonyl (C=O) groups is 3. The maximum atomic E-state index is 12.8. The fraction of sp³-hybridized carbons (Fsp3) is 0.633. The molecule has 0 aromatic rings. The molecule has 0 aliphatic carbocycles. The zero-order valence-corrected chi connectivity index (χ0v) is 25.5. The highest BCUT2D eigenvalue weighted by Gasteiger charge is 2.37. The average molecular weight is 583 g/mol. The first-order valence-electron chi connectivity index (χ1n) is 13.9. The normalized spacial score (nSPS) is 16.9. The van der Waals surface area contributed by atoms with Gasteiger partial charge in [0.05, 0.1) is 26.9 Å². The van der Waals surface area contributed by atoms with Crippen molar-refractivity contribution < 1.29 is 33.7 Å². The minimum Gasteiger partial charge on any atom is -0.501 e. The Morgan fingerprint density at radius 3 is 2.50 bits per heavy atom. The molecule has 0 fully saturated rings. The average Bonchev–Trinajstić information content (AvgIpc) is 3.29. The highest BCUT2D eigenvalue weighted by atomic mass is 35.5. The van der Waals surface area contributed by atoms with Gasteiger partial charge in [-0.05, 0) is 24.8 Å². The molecule has 2 atom stereocenters. The molecule has 226 valence electrons. The molecule has 0 saturated heterocycles. The van der Waals surface area contributed by atoms with Gasteiger partial charge in [0.1, 0.15) is 17.6 Å². The van der Waals surface area contributed by atoms with Crippen LogP contribution >= 0.6 is 11.6 Å². The van der Waals surface area contributed by atoms with Gasteiger partial charge in [-0.2, -0.15) is 0 Å². The first-order chi connectivity index (χ1) is 19.3. The standard InChI is InChI=1S/C30H47ClN2O7/c1-6-7-8-9-11-14-24(38-3)15-12-10-13-16-28(35)32(2)21-23(20-31)17-25(39-4)18-29(36)33-26(22-34)27(40-5)19-30(33)37/h10,12,18-20,24,26,34H,6-9,11,13-17,21-22H2,1-5H3. The Hall–Kier alpha value is -2.62. The lowest BCUT2D eigenvalue weighted by Crippen LogP contribution is -2.42. The maximum Gasteiger partial charge on any atom is 0.257 e. The van der Waals surface area contributed by atoms with Crippen molar-refractivity contribution in [1.29, 1.82) is 0 Å². The molecule has 40 heavy (non-hydrogen) atoms. The summed E-state index contributed by atoms with van der Waals surface area (Å²) in [6.45, 7) is 2.00. The third kappa shape index (κ3) is 12.3. The van der Waals surface area contributed by atoms with Gasteiger partial charge in [-0.3, -0.25) is 19.3 Å². The third-order valence-electron chi connectivity index (χ3n) is 6.81. The monoisotopic (exact) mass is 582 g/mol. The lowest BCUT2D eigenvalue weighted by molar-refractivity contribution is -0.140. The summed E-state index contributed by atoms with van der Waals surface area (Å²) in [6.07, 6.45) is 15.9. The van der Waals surface area contributed by atoms with Crippen molar-refractivity contribution in [2.45, 2.75) is 83.3 Å². The lowest BCUT2D eigenvalue weighted by atomic mass is 10.1. The Kier molecular flexibility index (Phi) is 18.0. The van der Waals surface area contributed by atoms with Crippen molar-refractivity contribution in [3.63, 3.8) is 0 Å². The number of carbonyl (C=O) groups excluding carboxylic acids is 3. The van der Waals surface area contributed by atoms with Gasteiger partial charge >= 0.3 is 0 Å². The van der Waals surface area contributed by atoms with Crippen molar-refractivity contribution in [2.24, 2.45) is 0 Å². The molecule has 0 bridgehead atoms. The second-order valence-corrected chi connectivity index (χ2v) is 10.0. The number of hydrogen-bond donors (Lipinski definition) is 1. The van der Waals surface area contributed by atoms with Crippen LogP contribution in [0, 0.1) is 0 Å². The van der Waals surface area contributed by atoms with E-state index in [-0.39, 0.29) is 36.5 Å². The van der Waals surface area contributed by atoms with Crippen LogP contribution in [0.15, 0.2) is 46.9 Å². The fourth-order valence-electron chi connectivity index (χ4n) is 4.40. The van der Waals surface area contributed by atoms with Crippen LogP contribution < -0.4 is 0 Å². The molecule has 1 N–H and O–H groups in total. The lowest BCUT2D eigenvalue weighted by Gasteiger charge is -2.22. The molecule has 9 nitrogen and oxygen atoms in total. The minimum atomic E-state index is -0.892. The van der Waals surface area contributed by atoms with Gasteiger partial charge in [0.2, 0.25) is 5.91 Å². The van der Waals surface area contributed by atoms with E-state index >= 15 is 0 Å². The smallest absolute Gasteiger partial charge is 0.257 e. The van der Waals surface area contributed by atoms with Gasteiger partial charge in [0.25, 0.3) is 11.8 Å². The van der Waals surface area contributed by atoms with Gasteiger partial charge in [-0.25, -0.2) is 0 Å². The zero-order chi connectivity index (χ0) is 29.9. The summed E-state index contributed by atoms with van der Waals surface area (Å²) in [7, 11) is 6.21. The number of likely N-dealkylation sites (N-methyl/N-ethyl adjacent to an activating group) is 1. The van der Waals surface area contributed by atoms with E-state index in [1.165, 1.54) is 64.0 Å². The van der Waals surface area contributed by atoms with Crippen molar-refractivity contribution in [1.82, 2.24) is 9.80 Å². The molecular weight excluding hydrogens is 536 g/mol. The molecule has 1 rings (SSSR count). The first-order valence-corrected chi connectivity index (χ1v) is 14.4. The highest BCUT2D eigenvalue weighted by molar-refractivity contribution is 6.25. The number of unbranched alkanes of at least 4 members (excludes halogenated alkanes) is 4. The molecule has 3 amide bonds. The largest absolute Gasteiger partial charge is 0.501 e. The van der Waals surface area contributed by atoms with Crippen LogP contribution in [0.25, 0.3) is 0 Å². The predicted octanol–water partition coefficient (Wildman–Crippen LogP) is 4.85. The number of amides is 3. The number of ether oxygens (including phenoxy) is 3. The molecule has 1 aliphatic heterocycles. The number of nitrogens with zero attached hydrogens (tertiary/aromatic N) is 2. The third-order valence-corrected chi connectivity index (χ3v) is 7.12. The molecule has 1 aliphatic rings. The van der Waals surface area contributed by atoms with E-state index in [0.29, 0.717) is 18.4 Å². The summed E-state index contributed by atoms with van der Waals surface area (Å²) in [5.74, 6) is -0.803. The Balaban J connectivity index is 2.56. The summed E-state index contributed by atoms with van der Waals surface area (Å²) in [5, 5.41) is 9.62. The van der Waals surface area contributed by atoms with Crippen LogP contribution in [0.4, 0.5) is 0 Å². The molecule has 0 aromatic heterocycles. The number of hydrogen-bond acceptors (Lipinski definition) is 7. The second-order valence-electron chi connectivity index (χ2n) is 9.81. The van der Waals surface area contributed by atoms with Crippen LogP contribution in [0.3, 0.4) is 0 Å². The quantitative estimate of drug-likeness (QED) is 0.0946. The van der Waals surface area contributed by atoms with Crippen molar-refractivity contribution in [2.75, 3.05) is 41.5 Å². The number of imide groups is 1. The summed E-state index contributed by atoms with van der Waals surface area (Å²) >= 11 is 6.02. The Bertz CT molecular complexity index is 929. The zero-order valence-electron chi connectivity index (χ0n) is 24.7. The van der Waals surface area contributed by atoms with E-state index in [2.05, 4.69) is 13.0 Å². The van der Waals surface area contributed by atoms with Crippen LogP contribution in [-0.2, 0) is 28.6 Å². The van der Waals surface area contributed by atoms with Crippen LogP contribution in [-0.4, -0.2) is 86.3 Å². The van der Waals surface area contributed by atoms with Crippen LogP contribution in [0.2, 0.25) is 0 Å². The molecule has 0 radical (unpaired) electrons. The van der Waals surface area contributed by atoms with E-state index < -0.39 is 24.5 Å². The Morgan fingerprint density at radius 2 is 1.90 bits per heavy atom. The molecule has 2 unspecified atom stereocenters. The predicted molar refractivity (Wildman–Crippen MR) is 156 cm³/mol. The number of allylic oxidation sites excluding steroid dienone is 2. The summed E-state index contributed by atoms with van der Waals surface area (Å²) in [5.41, 5.74) is 2.01. The molecule has 1 heterocycles. The summed E-state index contributed by atoms with van der Waals surface area (Å²) in [6, 6.07) is -0.892. The molecule has 0 aromatic carbocycles. The van der Waals surface area contributed by atoms with Gasteiger partial charge < -0.3 is 24.2 Å². The van der Waals surface area contributed by atoms with Gasteiger partial charge in [0.15, 0.2) is 0 Å². The van der Waals surface area contributed by atoms with Crippen molar-refractivity contribution >= 4 is 29.3 Å². The van der Waals surface area contributed by atoms with Gasteiger partial charge in [-0.1, -0.05) is 62.8 Å². The minimum absolute atomic E-state index is 0.0366. The molecular formula is C30H47ClN2O7. The van der Waals surface area contributed by atoms with E-state index in [9.17, 15) is 19.5 Å². The van der Waals surface area contributed by atoms with Crippen molar-refractivity contribution in [3.8, 4) is 0 Å². The summed E-state index contributed by atoms with van der Waals surface area (Å²) in [4.78, 5) is 40.2. The summed E-state index contributed by atoms with van der Waals surface area (Å²) < 4.78 is 16.0. The van der Waals surface area contributed by atoms with E-state index in [0.717, 1.165) is 17.7 Å². The number of rotatable bonds is 20. The van der Waals surface area contributed by atoms with E-state index in [1.54, 1.807) is 19.1 Å². The Labute approximate surface area is 244 Å². The second kappa shape index (κ2) is 20.3. The first kappa shape index (κ1) is 35.4. The van der Waals surface area contributed by atoms with Crippen LogP contribution in [0.1, 0.15) is 71.1 Å².